The Morgan fingerprint density at radius 2 is 1.75 bits per heavy atom. The lowest BCUT2D eigenvalue weighted by Crippen LogP contribution is -2.53. The lowest BCUT2D eigenvalue weighted by Gasteiger charge is -2.39. The van der Waals surface area contributed by atoms with Crippen molar-refractivity contribution in [1.82, 2.24) is 19.8 Å². The predicted molar refractivity (Wildman–Crippen MR) is 169 cm³/mol. The summed E-state index contributed by atoms with van der Waals surface area (Å²) in [6.45, 7) is 5.08. The molecule has 0 radical (unpaired) electrons. The Balaban J connectivity index is 1.79. The van der Waals surface area contributed by atoms with Gasteiger partial charge in [-0.05, 0) is 57.4 Å². The second kappa shape index (κ2) is 14.0. The zero-order valence-electron chi connectivity index (χ0n) is 26.7. The summed E-state index contributed by atoms with van der Waals surface area (Å²) in [5, 5.41) is 5.72. The zero-order valence-corrected chi connectivity index (χ0v) is 26.7. The van der Waals surface area contributed by atoms with Gasteiger partial charge in [-0.1, -0.05) is 6.58 Å². The maximum Gasteiger partial charge on any atom is 0.416 e. The zero-order chi connectivity index (χ0) is 35.6. The van der Waals surface area contributed by atoms with Crippen LogP contribution < -0.4 is 25.2 Å². The molecular formula is C31H34F6N8O3. The summed E-state index contributed by atoms with van der Waals surface area (Å²) in [6, 6.07) is 3.25. The molecule has 3 amide bonds. The van der Waals surface area contributed by atoms with Gasteiger partial charge in [0.1, 0.15) is 11.8 Å². The number of anilines is 6. The van der Waals surface area contributed by atoms with Gasteiger partial charge in [0.15, 0.2) is 5.82 Å². The molecule has 2 heterocycles. The first-order valence-corrected chi connectivity index (χ1v) is 14.4. The summed E-state index contributed by atoms with van der Waals surface area (Å²) in [5.41, 5.74) is 0.218. The number of likely N-dealkylation sites (N-methyl/N-ethyl adjacent to an activating group) is 2. The normalized spacial score (nSPS) is 14.0. The van der Waals surface area contributed by atoms with Gasteiger partial charge in [-0.2, -0.15) is 31.3 Å². The molecule has 258 valence electrons. The van der Waals surface area contributed by atoms with Gasteiger partial charge in [0.05, 0.1) is 42.0 Å². The first kappa shape index (κ1) is 35.8. The fourth-order valence-electron chi connectivity index (χ4n) is 4.77. The molecular weight excluding hydrogens is 646 g/mol. The molecule has 48 heavy (non-hydrogen) atoms. The van der Waals surface area contributed by atoms with Crippen molar-refractivity contribution in [2.75, 3.05) is 61.8 Å². The first-order chi connectivity index (χ1) is 22.4. The number of aromatic nitrogens is 2. The average molecular weight is 681 g/mol. The fourth-order valence-corrected chi connectivity index (χ4v) is 4.77. The van der Waals surface area contributed by atoms with E-state index in [1.165, 1.54) is 13.3 Å². The van der Waals surface area contributed by atoms with Crippen LogP contribution in [0.15, 0.2) is 55.3 Å². The summed E-state index contributed by atoms with van der Waals surface area (Å²) in [5.74, 6) is -0.437. The summed E-state index contributed by atoms with van der Waals surface area (Å²) in [7, 11) is 7.08. The van der Waals surface area contributed by atoms with Crippen LogP contribution in [0.5, 0.6) is 5.75 Å². The molecule has 1 aliphatic heterocycles. The van der Waals surface area contributed by atoms with Crippen LogP contribution in [0.4, 0.5) is 65.7 Å². The number of methoxy groups -OCH3 is 1. The van der Waals surface area contributed by atoms with E-state index < -0.39 is 42.4 Å². The van der Waals surface area contributed by atoms with Crippen LogP contribution in [0, 0.1) is 0 Å². The highest BCUT2D eigenvalue weighted by atomic mass is 19.4. The maximum atomic E-state index is 13.7. The number of hydrogen-bond acceptors (Lipinski definition) is 8. The number of carbonyl (C=O) groups excluding carboxylic acids is 2. The molecule has 2 aromatic carbocycles. The molecule has 0 unspecified atom stereocenters. The number of benzene rings is 2. The van der Waals surface area contributed by atoms with Gasteiger partial charge in [-0.25, -0.2) is 14.7 Å². The van der Waals surface area contributed by atoms with Crippen molar-refractivity contribution in [2.24, 2.45) is 0 Å². The number of urea groups is 1. The summed E-state index contributed by atoms with van der Waals surface area (Å²) >= 11 is 0. The number of ether oxygens (including phenoxy) is 1. The van der Waals surface area contributed by atoms with Crippen LogP contribution in [0.25, 0.3) is 0 Å². The van der Waals surface area contributed by atoms with Crippen LogP contribution >= 0.6 is 0 Å². The van der Waals surface area contributed by atoms with Gasteiger partial charge in [0, 0.05) is 38.0 Å². The van der Waals surface area contributed by atoms with E-state index in [1.54, 1.807) is 12.1 Å². The van der Waals surface area contributed by atoms with E-state index in [0.717, 1.165) is 42.2 Å². The number of rotatable bonds is 11. The molecule has 1 aliphatic rings. The number of hydrogen-bond donors (Lipinski definition) is 2. The molecule has 0 bridgehead atoms. The minimum absolute atomic E-state index is 0.111. The molecule has 4 rings (SSSR count). The lowest BCUT2D eigenvalue weighted by atomic mass is 10.1. The SMILES string of the molecule is C=CC(=O)Nc1cc(Nc2ncc3c(n2)N(c2ccc(C(F)(F)F)cc2)C(=O)N([C@@H](C)C(F)(F)F)C3)c(OC)cc1N(C)CCN(C)C. The van der Waals surface area contributed by atoms with Gasteiger partial charge in [0.25, 0.3) is 0 Å². The second-order valence-corrected chi connectivity index (χ2v) is 11.2. The Morgan fingerprint density at radius 1 is 1.08 bits per heavy atom. The van der Waals surface area contributed by atoms with Gasteiger partial charge in [0.2, 0.25) is 11.9 Å². The smallest absolute Gasteiger partial charge is 0.416 e. The molecule has 11 nitrogen and oxygen atoms in total. The summed E-state index contributed by atoms with van der Waals surface area (Å²) in [6.07, 6.45) is -7.15. The van der Waals surface area contributed by atoms with E-state index in [2.05, 4.69) is 27.2 Å². The van der Waals surface area contributed by atoms with Crippen molar-refractivity contribution >= 4 is 46.5 Å². The van der Waals surface area contributed by atoms with E-state index in [9.17, 15) is 35.9 Å². The van der Waals surface area contributed by atoms with Crippen molar-refractivity contribution in [3.05, 3.63) is 66.4 Å². The summed E-state index contributed by atoms with van der Waals surface area (Å²) < 4.78 is 86.6. The topological polar surface area (TPSA) is 106 Å². The van der Waals surface area contributed by atoms with Crippen molar-refractivity contribution in [3.8, 4) is 5.75 Å². The van der Waals surface area contributed by atoms with Crippen LogP contribution in [-0.4, -0.2) is 85.3 Å². The third-order valence-electron chi connectivity index (χ3n) is 7.53. The number of alkyl halides is 6. The van der Waals surface area contributed by atoms with Crippen molar-refractivity contribution in [1.29, 1.82) is 0 Å². The molecule has 0 saturated heterocycles. The third kappa shape index (κ3) is 7.90. The maximum absolute atomic E-state index is 13.7. The van der Waals surface area contributed by atoms with Gasteiger partial charge in [-0.15, -0.1) is 0 Å². The molecule has 0 spiro atoms. The highest BCUT2D eigenvalue weighted by Crippen LogP contribution is 2.41. The Hall–Kier alpha value is -5.06. The van der Waals surface area contributed by atoms with Gasteiger partial charge in [-0.3, -0.25) is 4.79 Å². The van der Waals surface area contributed by atoms with Crippen LogP contribution in [-0.2, 0) is 17.5 Å². The van der Waals surface area contributed by atoms with Crippen LogP contribution in [0.2, 0.25) is 0 Å². The van der Waals surface area contributed by atoms with E-state index in [1.807, 2.05) is 30.9 Å². The number of amides is 3. The molecule has 2 N–H and O–H groups in total. The number of carbonyl (C=O) groups is 2. The molecule has 0 saturated carbocycles. The van der Waals surface area contributed by atoms with Crippen molar-refractivity contribution in [2.45, 2.75) is 31.9 Å². The van der Waals surface area contributed by atoms with Crippen molar-refractivity contribution < 1.29 is 40.7 Å². The monoisotopic (exact) mass is 680 g/mol. The Bertz CT molecular complexity index is 1660. The fraction of sp³-hybridized carbons (Fsp3) is 0.355. The molecule has 1 atom stereocenters. The minimum atomic E-state index is -4.79. The Labute approximate surface area is 272 Å². The van der Waals surface area contributed by atoms with E-state index in [4.69, 9.17) is 4.74 Å². The Morgan fingerprint density at radius 3 is 2.31 bits per heavy atom. The second-order valence-electron chi connectivity index (χ2n) is 11.2. The molecule has 3 aromatic rings. The number of nitrogens with one attached hydrogen (secondary N) is 2. The first-order valence-electron chi connectivity index (χ1n) is 14.4. The average Bonchev–Trinajstić information content (AvgIpc) is 3.02. The molecule has 0 aliphatic carbocycles. The predicted octanol–water partition coefficient (Wildman–Crippen LogP) is 6.39. The van der Waals surface area contributed by atoms with Crippen molar-refractivity contribution in [3.63, 3.8) is 0 Å². The standard InChI is InChI=1S/C31H34F6N8O3/c1-7-26(46)39-22-14-23(25(48-6)15-24(22)43(5)13-12-42(3)4)40-28-38-16-19-17-44(18(2)30(32,33)34)29(47)45(27(19)41-28)21-10-8-20(9-11-21)31(35,36)37/h7-11,14-16,18H,1,12-13,17H2,2-6H3,(H,39,46)(H,38,40,41)/t18-/m0/s1. The number of halogens is 6. The molecule has 0 fully saturated rings. The van der Waals surface area contributed by atoms with Gasteiger partial charge < -0.3 is 30.1 Å². The third-order valence-corrected chi connectivity index (χ3v) is 7.53. The molecule has 17 heteroatoms. The lowest BCUT2D eigenvalue weighted by molar-refractivity contribution is -0.172. The molecule has 1 aromatic heterocycles. The van der Waals surface area contributed by atoms with E-state index in [0.29, 0.717) is 35.1 Å². The van der Waals surface area contributed by atoms with E-state index in [-0.39, 0.29) is 28.7 Å². The van der Waals surface area contributed by atoms with Gasteiger partial charge >= 0.3 is 18.4 Å². The largest absolute Gasteiger partial charge is 0.494 e. The van der Waals surface area contributed by atoms with Crippen LogP contribution in [0.1, 0.15) is 18.1 Å². The highest BCUT2D eigenvalue weighted by molar-refractivity contribution is 6.03. The summed E-state index contributed by atoms with van der Waals surface area (Å²) in [4.78, 5) is 39.8. The van der Waals surface area contributed by atoms with Crippen LogP contribution in [0.3, 0.4) is 0 Å². The number of nitrogens with zero attached hydrogens (tertiary/aromatic N) is 6. The van der Waals surface area contributed by atoms with E-state index >= 15 is 0 Å². The quantitative estimate of drug-likeness (QED) is 0.177. The Kier molecular flexibility index (Phi) is 10.4. The minimum Gasteiger partial charge on any atom is -0.494 e. The number of fused-ring (bicyclic) bond motifs is 1. The highest BCUT2D eigenvalue weighted by Gasteiger charge is 2.46.